The van der Waals surface area contributed by atoms with Crippen molar-refractivity contribution < 1.29 is 14.7 Å². The highest BCUT2D eigenvalue weighted by molar-refractivity contribution is 7.80. The van der Waals surface area contributed by atoms with Crippen molar-refractivity contribution in [3.05, 3.63) is 65.2 Å². The first-order valence-electron chi connectivity index (χ1n) is 6.69. The van der Waals surface area contributed by atoms with E-state index in [2.05, 4.69) is 5.32 Å². The Morgan fingerprint density at radius 3 is 2.36 bits per heavy atom. The molecular formula is C17H15NO3S. The predicted octanol–water partition coefficient (Wildman–Crippen LogP) is 3.71. The van der Waals surface area contributed by atoms with E-state index < -0.39 is 5.97 Å². The molecule has 0 aromatic heterocycles. The zero-order chi connectivity index (χ0) is 16.1. The molecule has 2 rings (SSSR count). The summed E-state index contributed by atoms with van der Waals surface area (Å²) in [5.41, 5.74) is 2.30. The Kier molecular flexibility index (Phi) is 5.01. The molecule has 0 radical (unpaired) electrons. The Hall–Kier alpha value is -2.53. The van der Waals surface area contributed by atoms with Crippen molar-refractivity contribution in [3.63, 3.8) is 0 Å². The quantitative estimate of drug-likeness (QED) is 0.651. The van der Waals surface area contributed by atoms with Crippen molar-refractivity contribution >= 4 is 34.6 Å². The van der Waals surface area contributed by atoms with Crippen LogP contribution in [0.4, 0.5) is 5.69 Å². The van der Waals surface area contributed by atoms with E-state index in [-0.39, 0.29) is 17.8 Å². The average Bonchev–Trinajstić information content (AvgIpc) is 2.50. The fourth-order valence-corrected chi connectivity index (χ4v) is 2.24. The first-order valence-corrected chi connectivity index (χ1v) is 7.10. The Balaban J connectivity index is 2.03. The second-order valence-corrected chi connectivity index (χ2v) is 5.34. The van der Waals surface area contributed by atoms with Gasteiger partial charge in [-0.05, 0) is 30.7 Å². The predicted molar refractivity (Wildman–Crippen MR) is 89.7 cm³/mol. The maximum Gasteiger partial charge on any atom is 0.335 e. The molecular weight excluding hydrogens is 298 g/mol. The van der Waals surface area contributed by atoms with Crippen LogP contribution >= 0.6 is 12.2 Å². The number of thiocarbonyl (C=S) groups is 1. The number of rotatable bonds is 5. The van der Waals surface area contributed by atoms with Crippen molar-refractivity contribution in [2.24, 2.45) is 0 Å². The first kappa shape index (κ1) is 15.9. The van der Waals surface area contributed by atoms with E-state index in [0.29, 0.717) is 16.2 Å². The summed E-state index contributed by atoms with van der Waals surface area (Å²) in [5, 5.41) is 11.9. The molecule has 0 fully saturated rings. The van der Waals surface area contributed by atoms with E-state index in [0.717, 1.165) is 5.56 Å². The highest BCUT2D eigenvalue weighted by Gasteiger charge is 2.11. The number of anilines is 1. The summed E-state index contributed by atoms with van der Waals surface area (Å²) in [6.07, 6.45) is 0.111. The summed E-state index contributed by atoms with van der Waals surface area (Å²) in [6.45, 7) is 1.79. The molecule has 0 amide bonds. The highest BCUT2D eigenvalue weighted by atomic mass is 32.1. The molecule has 112 valence electrons. The topological polar surface area (TPSA) is 66.4 Å². The summed E-state index contributed by atoms with van der Waals surface area (Å²) in [6, 6.07) is 13.7. The molecule has 0 saturated carbocycles. The Labute approximate surface area is 133 Å². The van der Waals surface area contributed by atoms with E-state index in [1.807, 2.05) is 6.07 Å². The lowest BCUT2D eigenvalue weighted by molar-refractivity contribution is 0.0696. The maximum atomic E-state index is 12.1. The summed E-state index contributed by atoms with van der Waals surface area (Å²) < 4.78 is 0. The van der Waals surface area contributed by atoms with Crippen LogP contribution in [0.25, 0.3) is 0 Å². The third kappa shape index (κ3) is 3.99. The number of carbonyl (C=O) groups is 2. The maximum absolute atomic E-state index is 12.1. The number of ketones is 1. The third-order valence-corrected chi connectivity index (χ3v) is 3.41. The van der Waals surface area contributed by atoms with Gasteiger partial charge in [-0.25, -0.2) is 4.79 Å². The van der Waals surface area contributed by atoms with Crippen LogP contribution in [0, 0.1) is 6.92 Å². The molecule has 2 aromatic carbocycles. The van der Waals surface area contributed by atoms with Crippen molar-refractivity contribution in [2.75, 3.05) is 5.32 Å². The summed E-state index contributed by atoms with van der Waals surface area (Å²) in [4.78, 5) is 23.4. The van der Waals surface area contributed by atoms with Crippen molar-refractivity contribution in [2.45, 2.75) is 13.3 Å². The van der Waals surface area contributed by atoms with Crippen LogP contribution in [0.15, 0.2) is 48.5 Å². The van der Waals surface area contributed by atoms with Gasteiger partial charge in [-0.3, -0.25) is 4.79 Å². The van der Waals surface area contributed by atoms with E-state index in [9.17, 15) is 9.59 Å². The van der Waals surface area contributed by atoms with E-state index in [1.54, 1.807) is 43.3 Å². The van der Waals surface area contributed by atoms with Gasteiger partial charge in [-0.2, -0.15) is 0 Å². The van der Waals surface area contributed by atoms with Crippen LogP contribution in [0.1, 0.15) is 32.7 Å². The van der Waals surface area contributed by atoms with Gasteiger partial charge in [0.15, 0.2) is 5.78 Å². The number of aromatic carboxylic acids is 1. The first-order chi connectivity index (χ1) is 10.5. The monoisotopic (exact) mass is 313 g/mol. The van der Waals surface area contributed by atoms with E-state index in [4.69, 9.17) is 17.3 Å². The molecule has 0 spiro atoms. The fourth-order valence-electron chi connectivity index (χ4n) is 2.00. The van der Waals surface area contributed by atoms with Crippen LogP contribution in [0.2, 0.25) is 0 Å². The number of aryl methyl sites for hydroxylation is 1. The Bertz CT molecular complexity index is 726. The molecule has 0 aliphatic carbocycles. The van der Waals surface area contributed by atoms with Crippen LogP contribution in [-0.4, -0.2) is 21.8 Å². The van der Waals surface area contributed by atoms with Gasteiger partial charge >= 0.3 is 5.97 Å². The van der Waals surface area contributed by atoms with Gasteiger partial charge in [-0.1, -0.05) is 42.5 Å². The van der Waals surface area contributed by atoms with Gasteiger partial charge in [-0.15, -0.1) is 0 Å². The van der Waals surface area contributed by atoms with Crippen LogP contribution in [-0.2, 0) is 0 Å². The number of benzene rings is 2. The van der Waals surface area contributed by atoms with E-state index in [1.165, 1.54) is 6.07 Å². The highest BCUT2D eigenvalue weighted by Crippen LogP contribution is 2.17. The molecule has 2 N–H and O–H groups in total. The molecule has 2 aromatic rings. The molecule has 22 heavy (non-hydrogen) atoms. The third-order valence-electron chi connectivity index (χ3n) is 3.16. The van der Waals surface area contributed by atoms with Crippen LogP contribution in [0.3, 0.4) is 0 Å². The minimum absolute atomic E-state index is 0.0575. The van der Waals surface area contributed by atoms with Gasteiger partial charge in [0.2, 0.25) is 0 Å². The van der Waals surface area contributed by atoms with Crippen molar-refractivity contribution in [1.82, 2.24) is 0 Å². The number of carboxylic acid groups (broad SMARTS) is 1. The number of Topliss-reactive ketones (excluding diaryl/α,β-unsaturated/α-hetero) is 1. The van der Waals surface area contributed by atoms with E-state index >= 15 is 0 Å². The summed E-state index contributed by atoms with van der Waals surface area (Å²) in [7, 11) is 0. The lowest BCUT2D eigenvalue weighted by Crippen LogP contribution is -2.15. The van der Waals surface area contributed by atoms with Gasteiger partial charge in [0.25, 0.3) is 0 Å². The summed E-state index contributed by atoms with van der Waals surface area (Å²) in [5.74, 6) is -1.03. The molecule has 0 aliphatic rings. The van der Waals surface area contributed by atoms with Gasteiger partial charge in [0, 0.05) is 11.3 Å². The number of carbonyl (C=O) groups excluding carboxylic acids is 1. The SMILES string of the molecule is Cc1cc(C(=O)O)ccc1NC(=S)CC(=O)c1ccccc1. The zero-order valence-electron chi connectivity index (χ0n) is 12.0. The number of carboxylic acids is 1. The number of nitrogens with one attached hydrogen (secondary N) is 1. The Morgan fingerprint density at radius 1 is 1.09 bits per heavy atom. The second kappa shape index (κ2) is 6.95. The lowest BCUT2D eigenvalue weighted by atomic mass is 10.1. The van der Waals surface area contributed by atoms with Gasteiger partial charge in [0.1, 0.15) is 0 Å². The average molecular weight is 313 g/mol. The van der Waals surface area contributed by atoms with Crippen LogP contribution < -0.4 is 5.32 Å². The molecule has 0 atom stereocenters. The largest absolute Gasteiger partial charge is 0.478 e. The standard InChI is InChI=1S/C17H15NO3S/c1-11-9-13(17(20)21)7-8-14(11)18-16(22)10-15(19)12-5-3-2-4-6-12/h2-9H,10H2,1H3,(H,18,22)(H,20,21). The zero-order valence-corrected chi connectivity index (χ0v) is 12.8. The number of hydrogen-bond acceptors (Lipinski definition) is 3. The molecule has 0 saturated heterocycles. The fraction of sp³-hybridized carbons (Fsp3) is 0.118. The minimum atomic E-state index is -0.975. The smallest absolute Gasteiger partial charge is 0.335 e. The summed E-state index contributed by atoms with van der Waals surface area (Å²) >= 11 is 5.21. The van der Waals surface area contributed by atoms with Crippen molar-refractivity contribution in [1.29, 1.82) is 0 Å². The van der Waals surface area contributed by atoms with Crippen molar-refractivity contribution in [3.8, 4) is 0 Å². The van der Waals surface area contributed by atoms with Gasteiger partial charge in [0.05, 0.1) is 17.0 Å². The normalized spacial score (nSPS) is 10.0. The minimum Gasteiger partial charge on any atom is -0.478 e. The molecule has 4 nitrogen and oxygen atoms in total. The molecule has 0 heterocycles. The van der Waals surface area contributed by atoms with Gasteiger partial charge < -0.3 is 10.4 Å². The molecule has 5 heteroatoms. The molecule has 0 aliphatic heterocycles. The van der Waals surface area contributed by atoms with Crippen LogP contribution in [0.5, 0.6) is 0 Å². The molecule has 0 unspecified atom stereocenters. The lowest BCUT2D eigenvalue weighted by Gasteiger charge is -2.11. The molecule has 0 bridgehead atoms. The second-order valence-electron chi connectivity index (χ2n) is 4.85. The Morgan fingerprint density at radius 2 is 1.77 bits per heavy atom. The number of hydrogen-bond donors (Lipinski definition) is 2.